The third-order valence-electron chi connectivity index (χ3n) is 2.62. The average molecular weight is 379 g/mol. The third-order valence-corrected chi connectivity index (χ3v) is 4.47. The van der Waals surface area contributed by atoms with E-state index in [1.165, 1.54) is 13.8 Å². The van der Waals surface area contributed by atoms with Crippen molar-refractivity contribution in [2.75, 3.05) is 13.1 Å². The lowest BCUT2D eigenvalue weighted by molar-refractivity contribution is -0.275. The molecule has 0 radical (unpaired) electrons. The first-order valence-corrected chi connectivity index (χ1v) is 8.08. The van der Waals surface area contributed by atoms with Gasteiger partial charge >= 0.3 is 12.5 Å². The van der Waals surface area contributed by atoms with Crippen LogP contribution in [0.5, 0.6) is 5.75 Å². The summed E-state index contributed by atoms with van der Waals surface area (Å²) in [5, 5.41) is 0. The zero-order chi connectivity index (χ0) is 18.8. The summed E-state index contributed by atoms with van der Waals surface area (Å²) < 4.78 is 104. The lowest BCUT2D eigenvalue weighted by Gasteiger charge is -2.26. The van der Waals surface area contributed by atoms with Crippen LogP contribution in [0.4, 0.5) is 26.3 Å². The van der Waals surface area contributed by atoms with Crippen LogP contribution < -0.4 is 4.74 Å². The summed E-state index contributed by atoms with van der Waals surface area (Å²) in [5.41, 5.74) is 0. The molecular weight excluding hydrogens is 364 g/mol. The number of hydrogen-bond acceptors (Lipinski definition) is 3. The van der Waals surface area contributed by atoms with E-state index in [4.69, 9.17) is 0 Å². The van der Waals surface area contributed by atoms with Gasteiger partial charge in [-0.15, -0.1) is 13.2 Å². The fourth-order valence-corrected chi connectivity index (χ4v) is 3.57. The maximum atomic E-state index is 12.7. The molecule has 0 aromatic heterocycles. The highest BCUT2D eigenvalue weighted by molar-refractivity contribution is 7.89. The lowest BCUT2D eigenvalue weighted by atomic mass is 10.2. The standard InChI is InChI=1S/C13H15F6NO3S/c1-9(2)7-20(8-12(14,15)16)24(21,22)11-6-4-3-5-10(11)23-13(17,18)19/h3-6,9H,7-8H2,1-2H3. The molecule has 0 N–H and O–H groups in total. The first kappa shape index (κ1) is 20.6. The van der Waals surface area contributed by atoms with E-state index < -0.39 is 52.2 Å². The van der Waals surface area contributed by atoms with E-state index in [0.29, 0.717) is 0 Å². The normalized spacial score (nSPS) is 13.6. The molecule has 0 saturated heterocycles. The van der Waals surface area contributed by atoms with E-state index in [0.717, 1.165) is 24.3 Å². The first-order chi connectivity index (χ1) is 10.7. The van der Waals surface area contributed by atoms with Gasteiger partial charge in [-0.3, -0.25) is 0 Å². The maximum absolute atomic E-state index is 12.7. The van der Waals surface area contributed by atoms with Crippen molar-refractivity contribution in [3.05, 3.63) is 24.3 Å². The molecule has 1 aromatic rings. The predicted molar refractivity (Wildman–Crippen MR) is 72.8 cm³/mol. The van der Waals surface area contributed by atoms with Gasteiger partial charge in [0, 0.05) is 6.54 Å². The minimum absolute atomic E-state index is 0.0935. The summed E-state index contributed by atoms with van der Waals surface area (Å²) in [5.74, 6) is -1.56. The summed E-state index contributed by atoms with van der Waals surface area (Å²) in [6.45, 7) is 0.643. The Hall–Kier alpha value is -1.49. The van der Waals surface area contributed by atoms with Crippen LogP contribution in [0.1, 0.15) is 13.8 Å². The SMILES string of the molecule is CC(C)CN(CC(F)(F)F)S(=O)(=O)c1ccccc1OC(F)(F)F. The van der Waals surface area contributed by atoms with Crippen LogP contribution in [0.2, 0.25) is 0 Å². The van der Waals surface area contributed by atoms with Crippen LogP contribution in [-0.2, 0) is 10.0 Å². The number of para-hydroxylation sites is 1. The van der Waals surface area contributed by atoms with E-state index in [1.54, 1.807) is 0 Å². The molecular formula is C13H15F6NO3S. The number of halogens is 6. The highest BCUT2D eigenvalue weighted by atomic mass is 32.2. The van der Waals surface area contributed by atoms with Crippen molar-refractivity contribution < 1.29 is 39.5 Å². The number of sulfonamides is 1. The smallest absolute Gasteiger partial charge is 0.404 e. The van der Waals surface area contributed by atoms with E-state index in [2.05, 4.69) is 4.74 Å². The second-order valence-electron chi connectivity index (χ2n) is 5.30. The number of alkyl halides is 6. The highest BCUT2D eigenvalue weighted by Crippen LogP contribution is 2.32. The van der Waals surface area contributed by atoms with Crippen molar-refractivity contribution in [1.29, 1.82) is 0 Å². The number of benzene rings is 1. The van der Waals surface area contributed by atoms with Crippen LogP contribution in [0, 0.1) is 5.92 Å². The molecule has 1 aromatic carbocycles. The molecule has 0 heterocycles. The van der Waals surface area contributed by atoms with Crippen molar-refractivity contribution >= 4 is 10.0 Å². The Morgan fingerprint density at radius 3 is 2.08 bits per heavy atom. The zero-order valence-corrected chi connectivity index (χ0v) is 13.5. The molecule has 4 nitrogen and oxygen atoms in total. The average Bonchev–Trinajstić information content (AvgIpc) is 2.34. The molecule has 0 unspecified atom stereocenters. The summed E-state index contributed by atoms with van der Waals surface area (Å²) in [6, 6.07) is 3.66. The Morgan fingerprint density at radius 2 is 1.62 bits per heavy atom. The monoisotopic (exact) mass is 379 g/mol. The topological polar surface area (TPSA) is 46.6 Å². The number of ether oxygens (including phenoxy) is 1. The van der Waals surface area contributed by atoms with Crippen LogP contribution >= 0.6 is 0 Å². The second kappa shape index (κ2) is 7.18. The largest absolute Gasteiger partial charge is 0.573 e. The van der Waals surface area contributed by atoms with E-state index in [9.17, 15) is 34.8 Å². The lowest BCUT2D eigenvalue weighted by Crippen LogP contribution is -2.41. The van der Waals surface area contributed by atoms with Crippen molar-refractivity contribution in [2.24, 2.45) is 5.92 Å². The number of nitrogens with zero attached hydrogens (tertiary/aromatic N) is 1. The van der Waals surface area contributed by atoms with Crippen LogP contribution in [0.15, 0.2) is 29.2 Å². The van der Waals surface area contributed by atoms with Crippen LogP contribution in [0.3, 0.4) is 0 Å². The molecule has 0 fully saturated rings. The molecule has 0 aliphatic rings. The highest BCUT2D eigenvalue weighted by Gasteiger charge is 2.40. The van der Waals surface area contributed by atoms with Gasteiger partial charge in [0.05, 0.1) is 0 Å². The number of rotatable bonds is 6. The molecule has 1 rings (SSSR count). The van der Waals surface area contributed by atoms with Crippen molar-refractivity contribution in [2.45, 2.75) is 31.3 Å². The fraction of sp³-hybridized carbons (Fsp3) is 0.538. The molecule has 0 aliphatic heterocycles. The van der Waals surface area contributed by atoms with Gasteiger partial charge < -0.3 is 4.74 Å². The fourth-order valence-electron chi connectivity index (χ4n) is 1.87. The number of hydrogen-bond donors (Lipinski definition) is 0. The van der Waals surface area contributed by atoms with Crippen molar-refractivity contribution in [3.63, 3.8) is 0 Å². The molecule has 0 amide bonds. The molecule has 0 saturated carbocycles. The van der Waals surface area contributed by atoms with Crippen molar-refractivity contribution in [3.8, 4) is 5.75 Å². The molecule has 24 heavy (non-hydrogen) atoms. The van der Waals surface area contributed by atoms with Gasteiger partial charge in [-0.25, -0.2) is 8.42 Å². The summed E-state index contributed by atoms with van der Waals surface area (Å²) in [7, 11) is -4.84. The van der Waals surface area contributed by atoms with Gasteiger partial charge in [0.15, 0.2) is 0 Å². The van der Waals surface area contributed by atoms with Crippen LogP contribution in [0.25, 0.3) is 0 Å². The zero-order valence-electron chi connectivity index (χ0n) is 12.6. The quantitative estimate of drug-likeness (QED) is 0.707. The molecule has 0 bridgehead atoms. The van der Waals surface area contributed by atoms with Gasteiger partial charge in [-0.05, 0) is 18.1 Å². The Kier molecular flexibility index (Phi) is 6.15. The van der Waals surface area contributed by atoms with Gasteiger partial charge in [-0.1, -0.05) is 26.0 Å². The minimum Gasteiger partial charge on any atom is -0.404 e. The van der Waals surface area contributed by atoms with Crippen molar-refractivity contribution in [1.82, 2.24) is 4.31 Å². The Morgan fingerprint density at radius 1 is 1.08 bits per heavy atom. The summed E-state index contributed by atoms with van der Waals surface area (Å²) in [4.78, 5) is -0.979. The molecule has 0 spiro atoms. The van der Waals surface area contributed by atoms with Gasteiger partial charge in [0.2, 0.25) is 10.0 Å². The molecule has 0 aliphatic carbocycles. The Bertz CT molecular complexity index is 654. The maximum Gasteiger partial charge on any atom is 0.573 e. The summed E-state index contributed by atoms with van der Waals surface area (Å²) in [6.07, 6.45) is -10.0. The molecule has 0 atom stereocenters. The minimum atomic E-state index is -5.18. The third kappa shape index (κ3) is 6.19. The molecule has 11 heteroatoms. The van der Waals surface area contributed by atoms with E-state index in [1.807, 2.05) is 0 Å². The Labute approximate surface area is 135 Å². The predicted octanol–water partition coefficient (Wildman–Crippen LogP) is 3.79. The second-order valence-corrected chi connectivity index (χ2v) is 7.21. The van der Waals surface area contributed by atoms with Gasteiger partial charge in [-0.2, -0.15) is 17.5 Å². The summed E-state index contributed by atoms with van der Waals surface area (Å²) >= 11 is 0. The van der Waals surface area contributed by atoms with Gasteiger partial charge in [0.25, 0.3) is 0 Å². The van der Waals surface area contributed by atoms with E-state index >= 15 is 0 Å². The molecule has 138 valence electrons. The first-order valence-electron chi connectivity index (χ1n) is 6.64. The van der Waals surface area contributed by atoms with Crippen LogP contribution in [-0.4, -0.2) is 38.4 Å². The Balaban J connectivity index is 3.34. The van der Waals surface area contributed by atoms with E-state index in [-0.39, 0.29) is 4.31 Å². The van der Waals surface area contributed by atoms with Gasteiger partial charge in [0.1, 0.15) is 17.2 Å².